The number of rotatable bonds is 3. The molecule has 1 saturated carbocycles. The van der Waals surface area contributed by atoms with Gasteiger partial charge in [-0.3, -0.25) is 0 Å². The zero-order chi connectivity index (χ0) is 11.9. The molecule has 3 nitrogen and oxygen atoms in total. The largest absolute Gasteiger partial charge is 0.478 e. The van der Waals surface area contributed by atoms with Gasteiger partial charge in [-0.25, -0.2) is 13.6 Å². The topological polar surface area (TPSA) is 46.5 Å². The van der Waals surface area contributed by atoms with E-state index < -0.39 is 29.0 Å². The van der Waals surface area contributed by atoms with Crippen LogP contribution in [0.5, 0.6) is 5.75 Å². The maximum atomic E-state index is 13.3. The van der Waals surface area contributed by atoms with Crippen LogP contribution in [0.1, 0.15) is 12.8 Å². The van der Waals surface area contributed by atoms with Crippen LogP contribution in [0, 0.1) is 11.6 Å². The molecule has 1 aromatic carbocycles. The molecule has 0 radical (unpaired) electrons. The molecule has 0 saturated heterocycles. The molecular weight excluding hydrogens is 286 g/mol. The molecular formula is C10H7BrF2O3. The molecule has 0 amide bonds. The Morgan fingerprint density at radius 3 is 2.25 bits per heavy atom. The maximum absolute atomic E-state index is 13.3. The van der Waals surface area contributed by atoms with Gasteiger partial charge in [0.05, 0.1) is 0 Å². The molecule has 1 aromatic rings. The quantitative estimate of drug-likeness (QED) is 0.932. The van der Waals surface area contributed by atoms with Gasteiger partial charge in [0.15, 0.2) is 17.4 Å². The second-order valence-electron chi connectivity index (χ2n) is 3.60. The Kier molecular flexibility index (Phi) is 2.61. The maximum Gasteiger partial charge on any atom is 0.348 e. The van der Waals surface area contributed by atoms with Crippen molar-refractivity contribution in [3.8, 4) is 5.75 Å². The van der Waals surface area contributed by atoms with Gasteiger partial charge in [-0.2, -0.15) is 0 Å². The average molecular weight is 293 g/mol. The van der Waals surface area contributed by atoms with E-state index in [1.165, 1.54) is 0 Å². The summed E-state index contributed by atoms with van der Waals surface area (Å²) >= 11 is 2.92. The van der Waals surface area contributed by atoms with E-state index in [0.717, 1.165) is 12.1 Å². The summed E-state index contributed by atoms with van der Waals surface area (Å²) in [6, 6.07) is 2.05. The third-order valence-corrected chi connectivity index (χ3v) is 2.81. The summed E-state index contributed by atoms with van der Waals surface area (Å²) in [4.78, 5) is 10.8. The second-order valence-corrected chi connectivity index (χ2v) is 4.52. The SMILES string of the molecule is O=C(O)C1(Oc2c(F)cc(Br)cc2F)CC1. The number of carboxylic acids is 1. The Morgan fingerprint density at radius 1 is 1.38 bits per heavy atom. The number of halogens is 3. The molecule has 1 fully saturated rings. The summed E-state index contributed by atoms with van der Waals surface area (Å²) in [6.07, 6.45) is 0.522. The molecule has 1 N–H and O–H groups in total. The zero-order valence-corrected chi connectivity index (χ0v) is 9.55. The Morgan fingerprint density at radius 2 is 1.88 bits per heavy atom. The fourth-order valence-electron chi connectivity index (χ4n) is 1.29. The first kappa shape index (κ1) is 11.3. The van der Waals surface area contributed by atoms with Crippen molar-refractivity contribution in [3.63, 3.8) is 0 Å². The third kappa shape index (κ3) is 1.89. The highest BCUT2D eigenvalue weighted by atomic mass is 79.9. The molecule has 0 bridgehead atoms. The summed E-state index contributed by atoms with van der Waals surface area (Å²) in [5.41, 5.74) is -1.45. The standard InChI is InChI=1S/C10H7BrF2O3/c11-5-3-6(12)8(7(13)4-5)16-10(1-2-10)9(14)15/h3-4H,1-2H2,(H,14,15). The van der Waals surface area contributed by atoms with Gasteiger partial charge in [0.25, 0.3) is 0 Å². The van der Waals surface area contributed by atoms with Crippen LogP contribution in [-0.4, -0.2) is 16.7 Å². The highest BCUT2D eigenvalue weighted by molar-refractivity contribution is 9.10. The van der Waals surface area contributed by atoms with Crippen LogP contribution in [-0.2, 0) is 4.79 Å². The minimum atomic E-state index is -1.45. The molecule has 0 aromatic heterocycles. The number of ether oxygens (including phenoxy) is 1. The first-order valence-electron chi connectivity index (χ1n) is 4.51. The first-order valence-corrected chi connectivity index (χ1v) is 5.31. The third-order valence-electron chi connectivity index (χ3n) is 2.35. The van der Waals surface area contributed by atoms with Crippen LogP contribution in [0.2, 0.25) is 0 Å². The van der Waals surface area contributed by atoms with Gasteiger partial charge in [-0.15, -0.1) is 0 Å². The smallest absolute Gasteiger partial charge is 0.348 e. The lowest BCUT2D eigenvalue weighted by atomic mass is 10.3. The molecule has 16 heavy (non-hydrogen) atoms. The number of carbonyl (C=O) groups is 1. The van der Waals surface area contributed by atoms with Crippen LogP contribution in [0.3, 0.4) is 0 Å². The molecule has 0 unspecified atom stereocenters. The molecule has 86 valence electrons. The Labute approximate surface area is 98.2 Å². The van der Waals surface area contributed by atoms with Crippen LogP contribution >= 0.6 is 15.9 Å². The minimum Gasteiger partial charge on any atom is -0.478 e. The van der Waals surface area contributed by atoms with Crippen molar-refractivity contribution in [2.75, 3.05) is 0 Å². The van der Waals surface area contributed by atoms with E-state index in [1.54, 1.807) is 0 Å². The van der Waals surface area contributed by atoms with E-state index in [0.29, 0.717) is 0 Å². The Bertz CT molecular complexity index is 434. The van der Waals surface area contributed by atoms with Gasteiger partial charge in [0.1, 0.15) is 0 Å². The summed E-state index contributed by atoms with van der Waals surface area (Å²) in [5, 5.41) is 8.82. The van der Waals surface area contributed by atoms with Crippen molar-refractivity contribution in [2.45, 2.75) is 18.4 Å². The van der Waals surface area contributed by atoms with E-state index in [2.05, 4.69) is 15.9 Å². The lowest BCUT2D eigenvalue weighted by molar-refractivity contribution is -0.147. The number of hydrogen-bond donors (Lipinski definition) is 1. The van der Waals surface area contributed by atoms with Gasteiger partial charge in [-0.05, 0) is 12.1 Å². The van der Waals surface area contributed by atoms with Crippen molar-refractivity contribution in [1.29, 1.82) is 0 Å². The van der Waals surface area contributed by atoms with E-state index >= 15 is 0 Å². The molecule has 0 atom stereocenters. The lowest BCUT2D eigenvalue weighted by Crippen LogP contribution is -2.29. The molecule has 1 aliphatic rings. The van der Waals surface area contributed by atoms with Gasteiger partial charge >= 0.3 is 5.97 Å². The summed E-state index contributed by atoms with van der Waals surface area (Å²) in [7, 11) is 0. The highest BCUT2D eigenvalue weighted by Gasteiger charge is 2.54. The van der Waals surface area contributed by atoms with Crippen molar-refractivity contribution in [1.82, 2.24) is 0 Å². The van der Waals surface area contributed by atoms with Gasteiger partial charge < -0.3 is 9.84 Å². The van der Waals surface area contributed by atoms with Crippen molar-refractivity contribution >= 4 is 21.9 Å². The normalized spacial score (nSPS) is 16.9. The molecule has 6 heteroatoms. The number of benzene rings is 1. The fraction of sp³-hybridized carbons (Fsp3) is 0.300. The Balaban J connectivity index is 2.32. The molecule has 1 aliphatic carbocycles. The highest BCUT2D eigenvalue weighted by Crippen LogP contribution is 2.42. The monoisotopic (exact) mass is 292 g/mol. The fourth-order valence-corrected chi connectivity index (χ4v) is 1.70. The lowest BCUT2D eigenvalue weighted by Gasteiger charge is -2.14. The van der Waals surface area contributed by atoms with Crippen LogP contribution in [0.25, 0.3) is 0 Å². The zero-order valence-electron chi connectivity index (χ0n) is 7.97. The van der Waals surface area contributed by atoms with Gasteiger partial charge in [0, 0.05) is 17.3 Å². The predicted molar refractivity (Wildman–Crippen MR) is 54.3 cm³/mol. The average Bonchev–Trinajstić information content (AvgIpc) is 2.92. The van der Waals surface area contributed by atoms with E-state index in [9.17, 15) is 13.6 Å². The molecule has 0 aliphatic heterocycles. The minimum absolute atomic E-state index is 0.232. The second kappa shape index (κ2) is 3.69. The number of hydrogen-bond acceptors (Lipinski definition) is 2. The van der Waals surface area contributed by atoms with Crippen molar-refractivity contribution in [2.24, 2.45) is 0 Å². The number of aliphatic carboxylic acids is 1. The van der Waals surface area contributed by atoms with Gasteiger partial charge in [-0.1, -0.05) is 15.9 Å². The van der Waals surface area contributed by atoms with Crippen LogP contribution < -0.4 is 4.74 Å². The summed E-state index contributed by atoms with van der Waals surface area (Å²) in [6.45, 7) is 0. The van der Waals surface area contributed by atoms with E-state index in [1.807, 2.05) is 0 Å². The van der Waals surface area contributed by atoms with Crippen molar-refractivity contribution < 1.29 is 23.4 Å². The number of carboxylic acid groups (broad SMARTS) is 1. The van der Waals surface area contributed by atoms with Crippen molar-refractivity contribution in [3.05, 3.63) is 28.2 Å². The van der Waals surface area contributed by atoms with Crippen LogP contribution in [0.15, 0.2) is 16.6 Å². The molecule has 0 heterocycles. The molecule has 2 rings (SSSR count). The van der Waals surface area contributed by atoms with Crippen LogP contribution in [0.4, 0.5) is 8.78 Å². The predicted octanol–water partition coefficient (Wildman–Crippen LogP) is 2.72. The Hall–Kier alpha value is -1.17. The first-order chi connectivity index (χ1) is 7.44. The van der Waals surface area contributed by atoms with E-state index in [4.69, 9.17) is 9.84 Å². The van der Waals surface area contributed by atoms with E-state index in [-0.39, 0.29) is 17.3 Å². The molecule has 0 spiro atoms. The van der Waals surface area contributed by atoms with Gasteiger partial charge in [0.2, 0.25) is 5.60 Å². The summed E-state index contributed by atoms with van der Waals surface area (Å²) < 4.78 is 31.8. The summed E-state index contributed by atoms with van der Waals surface area (Å²) in [5.74, 6) is -3.67.